The molecule has 0 spiro atoms. The Morgan fingerprint density at radius 2 is 1.57 bits per heavy atom. The number of rotatable bonds is 6. The number of anilines is 1. The number of nitro groups is 1. The SMILES string of the molecule is Nc1ccc(C(=O)c2ccccc2C(=O)OCc2ccccc2)cc1[N+](=O)[O-]. The lowest BCUT2D eigenvalue weighted by Gasteiger charge is -2.09. The zero-order valence-electron chi connectivity index (χ0n) is 14.7. The van der Waals surface area contributed by atoms with Crippen molar-refractivity contribution in [3.8, 4) is 0 Å². The molecule has 7 heteroatoms. The summed E-state index contributed by atoms with van der Waals surface area (Å²) in [6, 6.07) is 19.1. The van der Waals surface area contributed by atoms with Gasteiger partial charge in [-0.15, -0.1) is 0 Å². The molecule has 0 aliphatic heterocycles. The lowest BCUT2D eigenvalue weighted by molar-refractivity contribution is -0.383. The van der Waals surface area contributed by atoms with E-state index in [4.69, 9.17) is 10.5 Å². The minimum absolute atomic E-state index is 0.0443. The van der Waals surface area contributed by atoms with Crippen LogP contribution < -0.4 is 5.73 Å². The van der Waals surface area contributed by atoms with Crippen molar-refractivity contribution >= 4 is 23.1 Å². The predicted octanol–water partition coefficient (Wildman–Crippen LogP) is 3.77. The normalized spacial score (nSPS) is 10.3. The molecule has 0 unspecified atom stereocenters. The largest absolute Gasteiger partial charge is 0.457 e. The van der Waals surface area contributed by atoms with Crippen LogP contribution in [0, 0.1) is 10.1 Å². The Hall–Kier alpha value is -4.00. The van der Waals surface area contributed by atoms with Crippen molar-refractivity contribution in [2.24, 2.45) is 0 Å². The molecule has 7 nitrogen and oxygen atoms in total. The van der Waals surface area contributed by atoms with E-state index in [1.54, 1.807) is 12.1 Å². The Bertz CT molecular complexity index is 1050. The average Bonchev–Trinajstić information content (AvgIpc) is 2.72. The molecule has 0 amide bonds. The fourth-order valence-corrected chi connectivity index (χ4v) is 2.66. The molecule has 0 saturated heterocycles. The quantitative estimate of drug-likeness (QED) is 0.230. The van der Waals surface area contributed by atoms with E-state index in [2.05, 4.69) is 0 Å². The summed E-state index contributed by atoms with van der Waals surface area (Å²) < 4.78 is 5.30. The highest BCUT2D eigenvalue weighted by Gasteiger charge is 2.22. The standard InChI is InChI=1S/C21H16N2O5/c22-18-11-10-15(12-19(18)23(26)27)20(24)16-8-4-5-9-17(16)21(25)28-13-14-6-2-1-3-7-14/h1-12H,13,22H2. The van der Waals surface area contributed by atoms with E-state index in [1.807, 2.05) is 30.3 Å². The molecule has 3 rings (SSSR count). The third-order valence-corrected chi connectivity index (χ3v) is 4.09. The van der Waals surface area contributed by atoms with E-state index in [0.717, 1.165) is 11.6 Å². The number of carbonyl (C=O) groups is 2. The minimum Gasteiger partial charge on any atom is -0.457 e. The van der Waals surface area contributed by atoms with Gasteiger partial charge in [-0.2, -0.15) is 0 Å². The monoisotopic (exact) mass is 376 g/mol. The van der Waals surface area contributed by atoms with E-state index in [-0.39, 0.29) is 34.7 Å². The number of ketones is 1. The fourth-order valence-electron chi connectivity index (χ4n) is 2.66. The number of hydrogen-bond acceptors (Lipinski definition) is 6. The summed E-state index contributed by atoms with van der Waals surface area (Å²) >= 11 is 0. The van der Waals surface area contributed by atoms with Crippen molar-refractivity contribution in [1.29, 1.82) is 0 Å². The smallest absolute Gasteiger partial charge is 0.339 e. The number of benzene rings is 3. The van der Waals surface area contributed by atoms with Crippen molar-refractivity contribution in [1.82, 2.24) is 0 Å². The van der Waals surface area contributed by atoms with Crippen molar-refractivity contribution in [2.75, 3.05) is 5.73 Å². The number of nitrogen functional groups attached to an aromatic ring is 1. The van der Waals surface area contributed by atoms with Gasteiger partial charge in [0, 0.05) is 17.2 Å². The Morgan fingerprint density at radius 1 is 0.929 bits per heavy atom. The van der Waals surface area contributed by atoms with Gasteiger partial charge in [0.15, 0.2) is 5.78 Å². The molecular formula is C21H16N2O5. The Kier molecular flexibility index (Phi) is 5.45. The Morgan fingerprint density at radius 3 is 2.25 bits per heavy atom. The molecule has 0 heterocycles. The number of hydrogen-bond donors (Lipinski definition) is 1. The summed E-state index contributed by atoms with van der Waals surface area (Å²) in [7, 11) is 0. The maximum absolute atomic E-state index is 12.9. The van der Waals surface area contributed by atoms with Crippen LogP contribution in [0.2, 0.25) is 0 Å². The van der Waals surface area contributed by atoms with Crippen LogP contribution in [0.25, 0.3) is 0 Å². The van der Waals surface area contributed by atoms with Crippen LogP contribution in [0.5, 0.6) is 0 Å². The maximum atomic E-state index is 12.9. The number of nitrogens with two attached hydrogens (primary N) is 1. The summed E-state index contributed by atoms with van der Waals surface area (Å²) in [5, 5.41) is 11.1. The lowest BCUT2D eigenvalue weighted by Crippen LogP contribution is -2.13. The summed E-state index contributed by atoms with van der Waals surface area (Å²) in [5.74, 6) is -1.19. The lowest BCUT2D eigenvalue weighted by atomic mass is 9.97. The highest BCUT2D eigenvalue weighted by Crippen LogP contribution is 2.25. The molecule has 140 valence electrons. The van der Waals surface area contributed by atoms with Gasteiger partial charge in [0.1, 0.15) is 12.3 Å². The third kappa shape index (κ3) is 4.04. The molecule has 0 aromatic heterocycles. The summed E-state index contributed by atoms with van der Waals surface area (Å²) in [4.78, 5) is 35.8. The summed E-state index contributed by atoms with van der Waals surface area (Å²) in [6.45, 7) is 0.0650. The van der Waals surface area contributed by atoms with Crippen molar-refractivity contribution < 1.29 is 19.2 Å². The molecule has 0 radical (unpaired) electrons. The first-order valence-corrected chi connectivity index (χ1v) is 8.36. The van der Waals surface area contributed by atoms with Crippen LogP contribution in [0.4, 0.5) is 11.4 Å². The molecule has 0 saturated carbocycles. The van der Waals surface area contributed by atoms with Crippen LogP contribution in [0.3, 0.4) is 0 Å². The van der Waals surface area contributed by atoms with Crippen LogP contribution in [-0.4, -0.2) is 16.7 Å². The third-order valence-electron chi connectivity index (χ3n) is 4.09. The Labute approximate surface area is 160 Å². The van der Waals surface area contributed by atoms with E-state index in [1.165, 1.54) is 24.3 Å². The number of nitro benzene ring substituents is 1. The van der Waals surface area contributed by atoms with Gasteiger partial charge in [-0.25, -0.2) is 4.79 Å². The first-order chi connectivity index (χ1) is 13.5. The number of nitrogens with zero attached hydrogens (tertiary/aromatic N) is 1. The van der Waals surface area contributed by atoms with Crippen LogP contribution >= 0.6 is 0 Å². The molecule has 0 aliphatic carbocycles. The highest BCUT2D eigenvalue weighted by atomic mass is 16.6. The van der Waals surface area contributed by atoms with Gasteiger partial charge in [-0.05, 0) is 23.8 Å². The van der Waals surface area contributed by atoms with Gasteiger partial charge in [-0.1, -0.05) is 48.5 Å². The van der Waals surface area contributed by atoms with E-state index in [0.29, 0.717) is 0 Å². The fraction of sp³-hybridized carbons (Fsp3) is 0.0476. The first kappa shape index (κ1) is 18.8. The molecule has 0 fully saturated rings. The Balaban J connectivity index is 1.87. The maximum Gasteiger partial charge on any atom is 0.339 e. The van der Waals surface area contributed by atoms with Crippen LogP contribution in [-0.2, 0) is 11.3 Å². The zero-order valence-corrected chi connectivity index (χ0v) is 14.7. The molecule has 0 bridgehead atoms. The zero-order chi connectivity index (χ0) is 20.1. The van der Waals surface area contributed by atoms with Crippen molar-refractivity contribution in [3.63, 3.8) is 0 Å². The predicted molar refractivity (Wildman–Crippen MR) is 103 cm³/mol. The number of carbonyl (C=O) groups excluding carboxylic acids is 2. The van der Waals surface area contributed by atoms with Gasteiger partial charge in [0.25, 0.3) is 5.69 Å². The molecule has 3 aromatic carbocycles. The van der Waals surface area contributed by atoms with Crippen molar-refractivity contribution in [3.05, 3.63) is 105 Å². The first-order valence-electron chi connectivity index (χ1n) is 8.36. The van der Waals surface area contributed by atoms with Gasteiger partial charge in [0.2, 0.25) is 0 Å². The number of ether oxygens (including phenoxy) is 1. The van der Waals surface area contributed by atoms with E-state index in [9.17, 15) is 19.7 Å². The second kappa shape index (κ2) is 8.13. The topological polar surface area (TPSA) is 113 Å². The average molecular weight is 376 g/mol. The molecule has 28 heavy (non-hydrogen) atoms. The summed E-state index contributed by atoms with van der Waals surface area (Å²) in [5.41, 5.74) is 6.22. The van der Waals surface area contributed by atoms with Crippen molar-refractivity contribution in [2.45, 2.75) is 6.61 Å². The molecule has 2 N–H and O–H groups in total. The van der Waals surface area contributed by atoms with Gasteiger partial charge < -0.3 is 10.5 Å². The van der Waals surface area contributed by atoms with E-state index >= 15 is 0 Å². The van der Waals surface area contributed by atoms with Gasteiger partial charge >= 0.3 is 5.97 Å². The molecule has 0 atom stereocenters. The molecular weight excluding hydrogens is 360 g/mol. The molecule has 3 aromatic rings. The number of esters is 1. The van der Waals surface area contributed by atoms with E-state index < -0.39 is 16.7 Å². The minimum atomic E-state index is -0.661. The second-order valence-corrected chi connectivity index (χ2v) is 5.97. The second-order valence-electron chi connectivity index (χ2n) is 5.97. The van der Waals surface area contributed by atoms with Crippen LogP contribution in [0.1, 0.15) is 31.8 Å². The van der Waals surface area contributed by atoms with Gasteiger partial charge in [-0.3, -0.25) is 14.9 Å². The highest BCUT2D eigenvalue weighted by molar-refractivity contribution is 6.14. The van der Waals surface area contributed by atoms with Crippen LogP contribution in [0.15, 0.2) is 72.8 Å². The van der Waals surface area contributed by atoms with Gasteiger partial charge in [0.05, 0.1) is 10.5 Å². The molecule has 0 aliphatic rings. The summed E-state index contributed by atoms with van der Waals surface area (Å²) in [6.07, 6.45) is 0.